The number of halogens is 1. The fraction of sp³-hybridized carbons (Fsp3) is 0.222. The molecule has 0 aliphatic heterocycles. The van der Waals surface area contributed by atoms with Crippen molar-refractivity contribution >= 4 is 50.7 Å². The zero-order chi connectivity index (χ0) is 20.4. The van der Waals surface area contributed by atoms with Gasteiger partial charge in [0, 0.05) is 5.69 Å². The number of ether oxygens (including phenoxy) is 2. The average molecular weight is 422 g/mol. The molecule has 8 nitrogen and oxygen atoms in total. The van der Waals surface area contributed by atoms with Gasteiger partial charge in [-0.05, 0) is 30.7 Å². The molecule has 0 fully saturated rings. The van der Waals surface area contributed by atoms with Crippen molar-refractivity contribution in [3.63, 3.8) is 0 Å². The van der Waals surface area contributed by atoms with Crippen LogP contribution in [0.5, 0.6) is 5.75 Å². The van der Waals surface area contributed by atoms with E-state index in [0.29, 0.717) is 37.1 Å². The molecule has 0 radical (unpaired) electrons. The monoisotopic (exact) mass is 421 g/mol. The predicted molar refractivity (Wildman–Crippen MR) is 107 cm³/mol. The van der Waals surface area contributed by atoms with Crippen LogP contribution in [-0.4, -0.2) is 35.6 Å². The van der Waals surface area contributed by atoms with Crippen LogP contribution in [0.1, 0.15) is 15.2 Å². The van der Waals surface area contributed by atoms with Crippen LogP contribution in [0.4, 0.5) is 5.69 Å². The number of hydrogen-bond acceptors (Lipinski definition) is 7. The number of methoxy groups -OCH3 is 2. The minimum atomic E-state index is -0.527. The van der Waals surface area contributed by atoms with Crippen molar-refractivity contribution in [3.05, 3.63) is 50.3 Å². The van der Waals surface area contributed by atoms with Gasteiger partial charge in [0.15, 0.2) is 0 Å². The minimum Gasteiger partial charge on any atom is -0.495 e. The van der Waals surface area contributed by atoms with Crippen molar-refractivity contribution in [1.82, 2.24) is 9.55 Å². The van der Waals surface area contributed by atoms with Gasteiger partial charge in [-0.3, -0.25) is 14.2 Å². The third kappa shape index (κ3) is 3.71. The number of carbonyl (C=O) groups excluding carboxylic acids is 2. The van der Waals surface area contributed by atoms with Gasteiger partial charge in [0.1, 0.15) is 22.0 Å². The van der Waals surface area contributed by atoms with Crippen LogP contribution in [0.25, 0.3) is 10.2 Å². The number of thiophene rings is 1. The van der Waals surface area contributed by atoms with E-state index in [-0.39, 0.29) is 6.54 Å². The maximum absolute atomic E-state index is 12.8. The quantitative estimate of drug-likeness (QED) is 0.636. The molecule has 146 valence electrons. The zero-order valence-corrected chi connectivity index (χ0v) is 16.8. The van der Waals surface area contributed by atoms with Crippen LogP contribution in [0.3, 0.4) is 0 Å². The summed E-state index contributed by atoms with van der Waals surface area (Å²) in [6.07, 6.45) is 1.28. The second-order valence-electron chi connectivity index (χ2n) is 5.80. The molecular weight excluding hydrogens is 406 g/mol. The highest BCUT2D eigenvalue weighted by molar-refractivity contribution is 7.20. The molecule has 1 amide bonds. The van der Waals surface area contributed by atoms with Crippen molar-refractivity contribution in [3.8, 4) is 5.75 Å². The van der Waals surface area contributed by atoms with Gasteiger partial charge in [-0.15, -0.1) is 11.3 Å². The number of hydrogen-bond donors (Lipinski definition) is 1. The highest BCUT2D eigenvalue weighted by Gasteiger charge is 2.20. The molecule has 0 spiro atoms. The Morgan fingerprint density at radius 3 is 2.71 bits per heavy atom. The fourth-order valence-corrected chi connectivity index (χ4v) is 3.97. The van der Waals surface area contributed by atoms with Crippen molar-refractivity contribution in [2.45, 2.75) is 13.5 Å². The molecule has 3 aromatic rings. The Kier molecular flexibility index (Phi) is 5.66. The molecule has 28 heavy (non-hydrogen) atoms. The van der Waals surface area contributed by atoms with Gasteiger partial charge in [-0.25, -0.2) is 9.78 Å². The summed E-state index contributed by atoms with van der Waals surface area (Å²) < 4.78 is 11.0. The number of rotatable bonds is 5. The van der Waals surface area contributed by atoms with Gasteiger partial charge in [-0.2, -0.15) is 0 Å². The van der Waals surface area contributed by atoms with E-state index in [9.17, 15) is 14.4 Å². The van der Waals surface area contributed by atoms with E-state index >= 15 is 0 Å². The molecule has 0 unspecified atom stereocenters. The smallest absolute Gasteiger partial charge is 0.348 e. The number of aryl methyl sites for hydroxylation is 1. The Morgan fingerprint density at radius 2 is 2.07 bits per heavy atom. The molecule has 0 aliphatic carbocycles. The molecule has 10 heteroatoms. The summed E-state index contributed by atoms with van der Waals surface area (Å²) in [5, 5.41) is 3.32. The number of amides is 1. The molecule has 2 aromatic heterocycles. The third-order valence-corrected chi connectivity index (χ3v) is 5.51. The summed E-state index contributed by atoms with van der Waals surface area (Å²) in [5.74, 6) is -0.467. The van der Waals surface area contributed by atoms with Crippen LogP contribution in [0, 0.1) is 6.92 Å². The number of carbonyl (C=O) groups is 2. The largest absolute Gasteiger partial charge is 0.495 e. The fourth-order valence-electron chi connectivity index (χ4n) is 2.66. The Bertz CT molecular complexity index is 1140. The van der Waals surface area contributed by atoms with E-state index < -0.39 is 17.4 Å². The Labute approximate surface area is 168 Å². The molecule has 0 saturated heterocycles. The Hall–Kier alpha value is -2.91. The van der Waals surface area contributed by atoms with Crippen LogP contribution < -0.4 is 15.6 Å². The first-order chi connectivity index (χ1) is 13.3. The minimum absolute atomic E-state index is 0.242. The number of anilines is 1. The Morgan fingerprint density at radius 1 is 1.32 bits per heavy atom. The molecule has 2 heterocycles. The van der Waals surface area contributed by atoms with E-state index in [2.05, 4.69) is 10.3 Å². The van der Waals surface area contributed by atoms with Crippen LogP contribution in [0.2, 0.25) is 5.02 Å². The van der Waals surface area contributed by atoms with Gasteiger partial charge in [0.25, 0.3) is 5.56 Å². The van der Waals surface area contributed by atoms with E-state index in [1.165, 1.54) is 25.1 Å². The molecule has 1 N–H and O–H groups in total. The maximum atomic E-state index is 12.8. The molecular formula is C18H16ClN3O5S. The lowest BCUT2D eigenvalue weighted by Crippen LogP contribution is -2.27. The molecule has 3 rings (SSSR count). The Balaban J connectivity index is 1.86. The lowest BCUT2D eigenvalue weighted by Gasteiger charge is -2.09. The molecule has 1 aromatic carbocycles. The number of esters is 1. The molecule has 0 atom stereocenters. The first-order valence-corrected chi connectivity index (χ1v) is 9.25. The lowest BCUT2D eigenvalue weighted by atomic mass is 10.2. The number of benzene rings is 1. The summed E-state index contributed by atoms with van der Waals surface area (Å²) in [4.78, 5) is 41.8. The van der Waals surface area contributed by atoms with E-state index in [0.717, 1.165) is 11.3 Å². The number of aromatic nitrogens is 2. The van der Waals surface area contributed by atoms with Crippen molar-refractivity contribution in [2.75, 3.05) is 19.5 Å². The highest BCUT2D eigenvalue weighted by atomic mass is 35.5. The van der Waals surface area contributed by atoms with Crippen LogP contribution >= 0.6 is 22.9 Å². The first kappa shape index (κ1) is 19.8. The van der Waals surface area contributed by atoms with Crippen molar-refractivity contribution < 1.29 is 19.1 Å². The lowest BCUT2D eigenvalue weighted by molar-refractivity contribution is -0.116. The number of nitrogens with one attached hydrogen (secondary N) is 1. The van der Waals surface area contributed by atoms with E-state index in [1.807, 2.05) is 0 Å². The van der Waals surface area contributed by atoms with E-state index in [4.69, 9.17) is 21.1 Å². The standard InChI is InChI=1S/C18H16ClN3O5S/c1-9-14-16(28-15(9)18(25)27-3)20-8-22(17(14)24)7-13(23)21-10-4-5-12(26-2)11(19)6-10/h4-6,8H,7H2,1-3H3,(H,21,23). The molecule has 0 saturated carbocycles. The second kappa shape index (κ2) is 7.99. The average Bonchev–Trinajstić information content (AvgIpc) is 3.01. The molecule has 0 aliphatic rings. The summed E-state index contributed by atoms with van der Waals surface area (Å²) in [7, 11) is 2.76. The van der Waals surface area contributed by atoms with Gasteiger partial charge < -0.3 is 14.8 Å². The van der Waals surface area contributed by atoms with Crippen molar-refractivity contribution in [2.24, 2.45) is 0 Å². The number of nitrogens with zero attached hydrogens (tertiary/aromatic N) is 2. The summed E-state index contributed by atoms with van der Waals surface area (Å²) >= 11 is 7.12. The summed E-state index contributed by atoms with van der Waals surface area (Å²) in [6.45, 7) is 1.41. The van der Waals surface area contributed by atoms with Gasteiger partial charge in [0.05, 0.1) is 31.0 Å². The van der Waals surface area contributed by atoms with Gasteiger partial charge in [-0.1, -0.05) is 11.6 Å². The van der Waals surface area contributed by atoms with Crippen LogP contribution in [0.15, 0.2) is 29.3 Å². The van der Waals surface area contributed by atoms with Gasteiger partial charge >= 0.3 is 5.97 Å². The van der Waals surface area contributed by atoms with Crippen molar-refractivity contribution in [1.29, 1.82) is 0 Å². The normalized spacial score (nSPS) is 10.7. The van der Waals surface area contributed by atoms with E-state index in [1.54, 1.807) is 25.1 Å². The highest BCUT2D eigenvalue weighted by Crippen LogP contribution is 2.28. The second-order valence-corrected chi connectivity index (χ2v) is 7.21. The summed E-state index contributed by atoms with van der Waals surface area (Å²) in [6, 6.07) is 4.81. The first-order valence-electron chi connectivity index (χ1n) is 8.06. The van der Waals surface area contributed by atoms with Gasteiger partial charge in [0.2, 0.25) is 5.91 Å². The van der Waals surface area contributed by atoms with Crippen LogP contribution in [-0.2, 0) is 16.1 Å². The SMILES string of the molecule is COC(=O)c1sc2ncn(CC(=O)Nc3ccc(OC)c(Cl)c3)c(=O)c2c1C. The molecule has 0 bridgehead atoms. The predicted octanol–water partition coefficient (Wildman–Crippen LogP) is 2.85. The topological polar surface area (TPSA) is 99.5 Å². The zero-order valence-electron chi connectivity index (χ0n) is 15.2. The number of fused-ring (bicyclic) bond motifs is 1. The summed E-state index contributed by atoms with van der Waals surface area (Å²) in [5.41, 5.74) is 0.551. The third-order valence-electron chi connectivity index (χ3n) is 4.04. The maximum Gasteiger partial charge on any atom is 0.348 e.